The summed E-state index contributed by atoms with van der Waals surface area (Å²) in [5.41, 5.74) is 0.740. The van der Waals surface area contributed by atoms with Crippen LogP contribution in [-0.4, -0.2) is 23.7 Å². The van der Waals surface area contributed by atoms with E-state index in [1.807, 2.05) is 42.5 Å². The van der Waals surface area contributed by atoms with Crippen LogP contribution in [-0.2, 0) is 0 Å². The number of hydrogen-bond acceptors (Lipinski definition) is 2. The third kappa shape index (κ3) is 3.24. The molecule has 0 aliphatic heterocycles. The Balaban J connectivity index is 1.67. The topological polar surface area (TPSA) is 49.3 Å². The summed E-state index contributed by atoms with van der Waals surface area (Å²) in [6.45, 7) is 0.703. The molecule has 3 rings (SSSR count). The summed E-state index contributed by atoms with van der Waals surface area (Å²) in [7, 11) is 0. The Morgan fingerprint density at radius 2 is 1.76 bits per heavy atom. The summed E-state index contributed by atoms with van der Waals surface area (Å²) < 4.78 is 0. The predicted molar refractivity (Wildman–Crippen MR) is 84.2 cm³/mol. The standard InChI is InChI=1S/C18H21NO2/c20-15-10-8-13(9-11-15)12-19-18(21)17-7-3-5-14-4-1-2-6-16(14)17/h1-7,13,15,20H,8-12H2,(H,19,21). The van der Waals surface area contributed by atoms with Crippen molar-refractivity contribution in [1.82, 2.24) is 5.32 Å². The Kier molecular flexibility index (Phi) is 4.20. The largest absolute Gasteiger partial charge is 0.393 e. The van der Waals surface area contributed by atoms with E-state index in [0.717, 1.165) is 42.0 Å². The summed E-state index contributed by atoms with van der Waals surface area (Å²) >= 11 is 0. The minimum atomic E-state index is -0.144. The van der Waals surface area contributed by atoms with Gasteiger partial charge in [0.05, 0.1) is 6.10 Å². The molecule has 0 heterocycles. The molecule has 0 bridgehead atoms. The van der Waals surface area contributed by atoms with Crippen LogP contribution in [0.5, 0.6) is 0 Å². The molecule has 110 valence electrons. The van der Waals surface area contributed by atoms with Gasteiger partial charge in [-0.05, 0) is 48.4 Å². The lowest BCUT2D eigenvalue weighted by molar-refractivity contribution is 0.0911. The molecule has 3 nitrogen and oxygen atoms in total. The highest BCUT2D eigenvalue weighted by atomic mass is 16.3. The van der Waals surface area contributed by atoms with Crippen LogP contribution < -0.4 is 5.32 Å². The third-order valence-electron chi connectivity index (χ3n) is 4.40. The molecule has 1 aliphatic carbocycles. The van der Waals surface area contributed by atoms with Crippen LogP contribution in [0.4, 0.5) is 0 Å². The van der Waals surface area contributed by atoms with Crippen LogP contribution in [0, 0.1) is 5.92 Å². The van der Waals surface area contributed by atoms with Gasteiger partial charge in [-0.15, -0.1) is 0 Å². The highest BCUT2D eigenvalue weighted by Crippen LogP contribution is 2.24. The molecular formula is C18H21NO2. The summed E-state index contributed by atoms with van der Waals surface area (Å²) in [4.78, 5) is 12.4. The molecule has 2 aromatic carbocycles. The summed E-state index contributed by atoms with van der Waals surface area (Å²) in [6.07, 6.45) is 3.56. The van der Waals surface area contributed by atoms with Crippen LogP contribution in [0.25, 0.3) is 10.8 Å². The van der Waals surface area contributed by atoms with Gasteiger partial charge < -0.3 is 10.4 Å². The smallest absolute Gasteiger partial charge is 0.251 e. The molecule has 0 radical (unpaired) electrons. The lowest BCUT2D eigenvalue weighted by Gasteiger charge is -2.25. The van der Waals surface area contributed by atoms with E-state index >= 15 is 0 Å². The second-order valence-corrected chi connectivity index (χ2v) is 5.91. The molecule has 0 aromatic heterocycles. The molecule has 2 N–H and O–H groups in total. The monoisotopic (exact) mass is 283 g/mol. The quantitative estimate of drug-likeness (QED) is 0.909. The van der Waals surface area contributed by atoms with Crippen molar-refractivity contribution in [2.45, 2.75) is 31.8 Å². The minimum absolute atomic E-state index is 0.00192. The summed E-state index contributed by atoms with van der Waals surface area (Å²) in [5.74, 6) is 0.491. The normalized spacial score (nSPS) is 22.1. The fourth-order valence-corrected chi connectivity index (χ4v) is 3.10. The molecule has 1 saturated carbocycles. The first-order valence-corrected chi connectivity index (χ1v) is 7.68. The molecule has 1 aliphatic rings. The molecular weight excluding hydrogens is 262 g/mol. The first-order chi connectivity index (χ1) is 10.2. The third-order valence-corrected chi connectivity index (χ3v) is 4.40. The van der Waals surface area contributed by atoms with Gasteiger partial charge in [-0.1, -0.05) is 36.4 Å². The van der Waals surface area contributed by atoms with Crippen molar-refractivity contribution in [3.05, 3.63) is 48.0 Å². The molecule has 1 amide bonds. The lowest BCUT2D eigenvalue weighted by Crippen LogP contribution is -2.32. The number of nitrogens with one attached hydrogen (secondary N) is 1. The van der Waals surface area contributed by atoms with E-state index in [0.29, 0.717) is 12.5 Å². The zero-order chi connectivity index (χ0) is 14.7. The Labute approximate surface area is 125 Å². The van der Waals surface area contributed by atoms with E-state index < -0.39 is 0 Å². The molecule has 1 fully saturated rings. The molecule has 2 aromatic rings. The number of rotatable bonds is 3. The van der Waals surface area contributed by atoms with Crippen molar-refractivity contribution >= 4 is 16.7 Å². The Morgan fingerprint density at radius 3 is 2.57 bits per heavy atom. The Morgan fingerprint density at radius 1 is 1.05 bits per heavy atom. The summed E-state index contributed by atoms with van der Waals surface area (Å²) in [6, 6.07) is 13.8. The van der Waals surface area contributed by atoms with E-state index in [1.165, 1.54) is 0 Å². The summed E-state index contributed by atoms with van der Waals surface area (Å²) in [5, 5.41) is 14.7. The number of fused-ring (bicyclic) bond motifs is 1. The lowest BCUT2D eigenvalue weighted by atomic mass is 9.87. The van der Waals surface area contributed by atoms with E-state index in [1.54, 1.807) is 0 Å². The van der Waals surface area contributed by atoms with Crippen molar-refractivity contribution in [1.29, 1.82) is 0 Å². The Bertz CT molecular complexity index is 625. The molecule has 0 spiro atoms. The number of carbonyl (C=O) groups excluding carboxylic acids is 1. The number of carbonyl (C=O) groups is 1. The second-order valence-electron chi connectivity index (χ2n) is 5.91. The van der Waals surface area contributed by atoms with E-state index in [9.17, 15) is 9.90 Å². The number of hydrogen-bond donors (Lipinski definition) is 2. The van der Waals surface area contributed by atoms with Crippen molar-refractivity contribution < 1.29 is 9.90 Å². The minimum Gasteiger partial charge on any atom is -0.393 e. The zero-order valence-corrected chi connectivity index (χ0v) is 12.1. The average Bonchev–Trinajstić information content (AvgIpc) is 2.53. The first-order valence-electron chi connectivity index (χ1n) is 7.68. The SMILES string of the molecule is O=C(NCC1CCC(O)CC1)c1cccc2ccccc12. The molecule has 0 saturated heterocycles. The van der Waals surface area contributed by atoms with Gasteiger partial charge >= 0.3 is 0 Å². The van der Waals surface area contributed by atoms with Gasteiger partial charge in [0.25, 0.3) is 5.91 Å². The maximum absolute atomic E-state index is 12.4. The van der Waals surface area contributed by atoms with Crippen LogP contribution in [0.2, 0.25) is 0 Å². The number of aliphatic hydroxyl groups excluding tert-OH is 1. The van der Waals surface area contributed by atoms with Gasteiger partial charge in [0.2, 0.25) is 0 Å². The Hall–Kier alpha value is -1.87. The van der Waals surface area contributed by atoms with Crippen molar-refractivity contribution in [2.75, 3.05) is 6.54 Å². The fraction of sp³-hybridized carbons (Fsp3) is 0.389. The molecule has 3 heteroatoms. The molecule has 21 heavy (non-hydrogen) atoms. The van der Waals surface area contributed by atoms with Crippen molar-refractivity contribution in [3.8, 4) is 0 Å². The highest BCUT2D eigenvalue weighted by Gasteiger charge is 2.20. The predicted octanol–water partition coefficient (Wildman–Crippen LogP) is 3.12. The van der Waals surface area contributed by atoms with Crippen LogP contribution in [0.3, 0.4) is 0 Å². The highest BCUT2D eigenvalue weighted by molar-refractivity contribution is 6.06. The van der Waals surface area contributed by atoms with Crippen LogP contribution in [0.1, 0.15) is 36.0 Å². The first kappa shape index (κ1) is 14.1. The number of aliphatic hydroxyl groups is 1. The van der Waals surface area contributed by atoms with Gasteiger partial charge in [-0.3, -0.25) is 4.79 Å². The van der Waals surface area contributed by atoms with E-state index in [2.05, 4.69) is 5.32 Å². The van der Waals surface area contributed by atoms with E-state index in [4.69, 9.17) is 0 Å². The van der Waals surface area contributed by atoms with E-state index in [-0.39, 0.29) is 12.0 Å². The molecule has 0 atom stereocenters. The van der Waals surface area contributed by atoms with Gasteiger partial charge in [0.1, 0.15) is 0 Å². The zero-order valence-electron chi connectivity index (χ0n) is 12.1. The maximum Gasteiger partial charge on any atom is 0.251 e. The van der Waals surface area contributed by atoms with Gasteiger partial charge in [-0.2, -0.15) is 0 Å². The second kappa shape index (κ2) is 6.27. The number of benzene rings is 2. The van der Waals surface area contributed by atoms with Crippen molar-refractivity contribution in [3.63, 3.8) is 0 Å². The number of amides is 1. The van der Waals surface area contributed by atoms with Gasteiger partial charge in [0.15, 0.2) is 0 Å². The van der Waals surface area contributed by atoms with Crippen LogP contribution >= 0.6 is 0 Å². The maximum atomic E-state index is 12.4. The van der Waals surface area contributed by atoms with Crippen LogP contribution in [0.15, 0.2) is 42.5 Å². The van der Waals surface area contributed by atoms with Crippen molar-refractivity contribution in [2.24, 2.45) is 5.92 Å². The fourth-order valence-electron chi connectivity index (χ4n) is 3.10. The molecule has 0 unspecified atom stereocenters. The van der Waals surface area contributed by atoms with Gasteiger partial charge in [-0.25, -0.2) is 0 Å². The average molecular weight is 283 g/mol. The van der Waals surface area contributed by atoms with Gasteiger partial charge in [0, 0.05) is 12.1 Å².